The molecule has 13 heteroatoms. The fraction of sp³-hybridized carbons (Fsp3) is 0.696. The third-order valence-corrected chi connectivity index (χ3v) is 8.68. The first-order valence-electron chi connectivity index (χ1n) is 12.0. The molecule has 0 spiro atoms. The van der Waals surface area contributed by atoms with Crippen LogP contribution in [0, 0.1) is 23.2 Å². The zero-order valence-corrected chi connectivity index (χ0v) is 24.3. The zero-order chi connectivity index (χ0) is 26.2. The highest BCUT2D eigenvalue weighted by molar-refractivity contribution is 14.1. The van der Waals surface area contributed by atoms with Crippen molar-refractivity contribution in [1.82, 2.24) is 20.1 Å². The number of hydrogen-bond acceptors (Lipinski definition) is 10. The molecule has 3 rings (SSSR count). The van der Waals surface area contributed by atoms with Gasteiger partial charge in [0.2, 0.25) is 0 Å². The lowest BCUT2D eigenvalue weighted by molar-refractivity contribution is -0.0326. The van der Waals surface area contributed by atoms with Crippen molar-refractivity contribution in [3.8, 4) is 17.9 Å². The van der Waals surface area contributed by atoms with Crippen molar-refractivity contribution in [1.29, 1.82) is 5.26 Å². The molecule has 11 nitrogen and oxygen atoms in total. The van der Waals surface area contributed by atoms with Crippen LogP contribution in [-0.2, 0) is 18.5 Å². The monoisotopic (exact) mass is 632 g/mol. The van der Waals surface area contributed by atoms with Gasteiger partial charge in [-0.2, -0.15) is 5.26 Å². The van der Waals surface area contributed by atoms with Gasteiger partial charge in [-0.3, -0.25) is 9.80 Å². The molecule has 1 saturated heterocycles. The van der Waals surface area contributed by atoms with E-state index < -0.39 is 20.8 Å². The highest BCUT2D eigenvalue weighted by Gasteiger charge is 2.46. The van der Waals surface area contributed by atoms with E-state index in [-0.39, 0.29) is 40.9 Å². The number of alkyl halides is 1. The van der Waals surface area contributed by atoms with Crippen molar-refractivity contribution in [2.75, 3.05) is 25.3 Å². The molecule has 36 heavy (non-hydrogen) atoms. The second kappa shape index (κ2) is 14.0. The predicted octanol–water partition coefficient (Wildman–Crippen LogP) is 3.34. The minimum absolute atomic E-state index is 0.149. The molecule has 2 aliphatic rings. The van der Waals surface area contributed by atoms with E-state index in [0.29, 0.717) is 30.8 Å². The van der Waals surface area contributed by atoms with Gasteiger partial charge in [0.15, 0.2) is 5.82 Å². The number of ether oxygens (including phenoxy) is 2. The minimum atomic E-state index is -1.46. The molecule has 5 unspecified atom stereocenters. The molecule has 6 atom stereocenters. The number of nitrogens with zero attached hydrogens (tertiary/aromatic N) is 4. The molecule has 1 aromatic rings. The summed E-state index contributed by atoms with van der Waals surface area (Å²) in [6.07, 6.45) is 1.66. The lowest BCUT2D eigenvalue weighted by Crippen LogP contribution is -2.43. The van der Waals surface area contributed by atoms with Gasteiger partial charge in [-0.05, 0) is 20.8 Å². The van der Waals surface area contributed by atoms with Crippen LogP contribution in [0.25, 0.3) is 0 Å². The Morgan fingerprint density at radius 2 is 2.22 bits per heavy atom. The lowest BCUT2D eigenvalue weighted by Gasteiger charge is -2.36. The van der Waals surface area contributed by atoms with Crippen LogP contribution in [0.2, 0.25) is 0 Å². The third kappa shape index (κ3) is 6.94. The summed E-state index contributed by atoms with van der Waals surface area (Å²) in [6.45, 7) is 8.83. The lowest BCUT2D eigenvalue weighted by atomic mass is 10.1. The van der Waals surface area contributed by atoms with E-state index in [0.717, 1.165) is 0 Å². The number of fused-ring (bicyclic) bond motifs is 1. The fourth-order valence-corrected chi connectivity index (χ4v) is 6.99. The van der Waals surface area contributed by atoms with Crippen LogP contribution in [-0.4, -0.2) is 63.5 Å². The number of aromatic nitrogens is 2. The SMILES string of the molecule is CCC#CC1NN(C2CC(OP(OCCC#N)N(C(C)C)[C@H](C)I)C(COC)O2)c2nc[nH]c(=O)c21. The number of rotatable bonds is 11. The van der Waals surface area contributed by atoms with E-state index in [1.54, 1.807) is 12.1 Å². The average Bonchev–Trinajstić information content (AvgIpc) is 3.39. The summed E-state index contributed by atoms with van der Waals surface area (Å²) >= 11 is 2.35. The van der Waals surface area contributed by atoms with E-state index in [1.165, 1.54) is 6.33 Å². The molecule has 198 valence electrons. The number of methoxy groups -OCH3 is 1. The zero-order valence-electron chi connectivity index (χ0n) is 21.2. The van der Waals surface area contributed by atoms with Crippen molar-refractivity contribution < 1.29 is 18.5 Å². The van der Waals surface area contributed by atoms with Crippen LogP contribution in [0.3, 0.4) is 0 Å². The Hall–Kier alpha value is -1.35. The first kappa shape index (κ1) is 29.2. The van der Waals surface area contributed by atoms with Crippen LogP contribution in [0.5, 0.6) is 0 Å². The molecular weight excluding hydrogens is 598 g/mol. The summed E-state index contributed by atoms with van der Waals surface area (Å²) in [6, 6.07) is 1.81. The number of nitriles is 1. The maximum absolute atomic E-state index is 12.6. The van der Waals surface area contributed by atoms with Crippen LogP contribution < -0.4 is 16.0 Å². The molecule has 0 amide bonds. The van der Waals surface area contributed by atoms with Gasteiger partial charge in [0.05, 0.1) is 47.7 Å². The topological polar surface area (TPSA) is 125 Å². The molecule has 0 aliphatic carbocycles. The van der Waals surface area contributed by atoms with Crippen LogP contribution in [0.15, 0.2) is 11.1 Å². The number of nitrogens with one attached hydrogen (secondary N) is 2. The maximum atomic E-state index is 12.6. The number of hydrazine groups is 1. The maximum Gasteiger partial charge on any atom is 0.260 e. The summed E-state index contributed by atoms with van der Waals surface area (Å²) in [7, 11) is 0.158. The van der Waals surface area contributed by atoms with Gasteiger partial charge in [-0.25, -0.2) is 15.1 Å². The molecule has 2 N–H and O–H groups in total. The quantitative estimate of drug-likeness (QED) is 0.0938. The molecule has 0 bridgehead atoms. The van der Waals surface area contributed by atoms with Crippen LogP contribution >= 0.6 is 31.1 Å². The van der Waals surface area contributed by atoms with Gasteiger partial charge in [0, 0.05) is 26.0 Å². The second-order valence-corrected chi connectivity index (χ2v) is 11.8. The first-order chi connectivity index (χ1) is 17.3. The summed E-state index contributed by atoms with van der Waals surface area (Å²) in [5.74, 6) is 6.64. The average molecular weight is 632 g/mol. The Morgan fingerprint density at radius 3 is 2.86 bits per heavy atom. The molecule has 1 aromatic heterocycles. The second-order valence-electron chi connectivity index (χ2n) is 8.57. The molecule has 0 aromatic carbocycles. The summed E-state index contributed by atoms with van der Waals surface area (Å²) in [5.41, 5.74) is 3.53. The highest BCUT2D eigenvalue weighted by Crippen LogP contribution is 2.50. The minimum Gasteiger partial charge on any atom is -0.382 e. The van der Waals surface area contributed by atoms with E-state index in [4.69, 9.17) is 23.8 Å². The number of hydrogen-bond donors (Lipinski definition) is 2. The molecule has 3 heterocycles. The molecule has 0 saturated carbocycles. The Bertz CT molecular complexity index is 1020. The highest BCUT2D eigenvalue weighted by atomic mass is 127. The number of H-pyrrole nitrogens is 1. The number of anilines is 1. The van der Waals surface area contributed by atoms with Gasteiger partial charge in [0.1, 0.15) is 18.4 Å². The van der Waals surface area contributed by atoms with E-state index in [2.05, 4.69) is 81.3 Å². The number of halogens is 1. The summed E-state index contributed by atoms with van der Waals surface area (Å²) < 4.78 is 26.8. The Morgan fingerprint density at radius 1 is 1.44 bits per heavy atom. The van der Waals surface area contributed by atoms with Gasteiger partial charge in [-0.1, -0.05) is 35.4 Å². The third-order valence-electron chi connectivity index (χ3n) is 5.60. The summed E-state index contributed by atoms with van der Waals surface area (Å²) in [5, 5.41) is 10.8. The normalized spacial score (nSPS) is 24.9. The largest absolute Gasteiger partial charge is 0.382 e. The van der Waals surface area contributed by atoms with Crippen molar-refractivity contribution in [2.24, 2.45) is 0 Å². The number of aromatic amines is 1. The van der Waals surface area contributed by atoms with E-state index in [9.17, 15) is 4.79 Å². The van der Waals surface area contributed by atoms with Crippen LogP contribution in [0.4, 0.5) is 5.82 Å². The Labute approximate surface area is 227 Å². The van der Waals surface area contributed by atoms with Gasteiger partial charge < -0.3 is 23.5 Å². The molecule has 1 fully saturated rings. The standard InChI is InChI=1S/C23H34IN6O5P/c1-6-7-9-17-21-22(26-14-27-23(21)31)29(28-17)20-12-18(19(34-20)13-32-5)35-36(33-11-8-10-25)30(15(2)3)16(4)24/h14-20,28H,6,8,11-13H2,1-5H3,(H,26,27,31)/t16-,17?,18?,19?,20?,36?/m1/s1. The van der Waals surface area contributed by atoms with Gasteiger partial charge >= 0.3 is 0 Å². The fourth-order valence-electron chi connectivity index (χ4n) is 4.10. The Balaban J connectivity index is 1.85. The van der Waals surface area contributed by atoms with E-state index in [1.807, 2.05) is 6.92 Å². The van der Waals surface area contributed by atoms with Crippen molar-refractivity contribution in [3.05, 3.63) is 22.2 Å². The van der Waals surface area contributed by atoms with Crippen molar-refractivity contribution in [2.45, 2.75) is 81.5 Å². The first-order valence-corrected chi connectivity index (χ1v) is 14.3. The predicted molar refractivity (Wildman–Crippen MR) is 145 cm³/mol. The van der Waals surface area contributed by atoms with E-state index >= 15 is 0 Å². The Kier molecular flexibility index (Phi) is 11.3. The molecular formula is C23H34IN6O5P. The van der Waals surface area contributed by atoms with Gasteiger partial charge in [-0.15, -0.1) is 5.92 Å². The molecule has 2 aliphatic heterocycles. The van der Waals surface area contributed by atoms with Crippen molar-refractivity contribution in [3.63, 3.8) is 0 Å². The smallest absolute Gasteiger partial charge is 0.260 e. The summed E-state index contributed by atoms with van der Waals surface area (Å²) in [4.78, 5) is 19.6. The van der Waals surface area contributed by atoms with Gasteiger partial charge in [0.25, 0.3) is 14.1 Å². The van der Waals surface area contributed by atoms with Crippen LogP contribution in [0.1, 0.15) is 58.6 Å². The molecule has 0 radical (unpaired) electrons. The van der Waals surface area contributed by atoms with Crippen molar-refractivity contribution >= 4 is 36.9 Å².